The van der Waals surface area contributed by atoms with Gasteiger partial charge in [0.05, 0.1) is 13.2 Å². The lowest BCUT2D eigenvalue weighted by atomic mass is 10.1. The molecule has 0 saturated heterocycles. The van der Waals surface area contributed by atoms with E-state index < -0.39 is 0 Å². The predicted octanol–water partition coefficient (Wildman–Crippen LogP) is 2.12. The summed E-state index contributed by atoms with van der Waals surface area (Å²) in [5, 5.41) is 9.62. The summed E-state index contributed by atoms with van der Waals surface area (Å²) < 4.78 is 11.1. The average molecular weight is 194 g/mol. The number of rotatable bonds is 1. The number of benzene rings is 1. The Morgan fingerprint density at radius 1 is 1.29 bits per heavy atom. The van der Waals surface area contributed by atoms with Crippen LogP contribution in [-0.2, 0) is 6.42 Å². The number of ether oxygens (including phenoxy) is 2. The summed E-state index contributed by atoms with van der Waals surface area (Å²) in [6, 6.07) is 3.42. The largest absolute Gasteiger partial charge is 0.508 e. The average Bonchev–Trinajstić information content (AvgIpc) is 2.42. The van der Waals surface area contributed by atoms with Gasteiger partial charge in [0.2, 0.25) is 0 Å². The van der Waals surface area contributed by atoms with Gasteiger partial charge in [-0.3, -0.25) is 0 Å². The first kappa shape index (κ1) is 9.19. The van der Waals surface area contributed by atoms with E-state index in [1.165, 1.54) is 0 Å². The van der Waals surface area contributed by atoms with Crippen LogP contribution in [0.1, 0.15) is 18.9 Å². The van der Waals surface area contributed by atoms with E-state index in [0.717, 1.165) is 24.2 Å². The Balaban J connectivity index is 2.48. The van der Waals surface area contributed by atoms with E-state index in [9.17, 15) is 5.11 Å². The molecule has 1 aromatic carbocycles. The van der Waals surface area contributed by atoms with Crippen molar-refractivity contribution in [3.05, 3.63) is 17.7 Å². The molecule has 0 atom stereocenters. The molecule has 1 aromatic rings. The number of phenols is 1. The maximum absolute atomic E-state index is 9.62. The van der Waals surface area contributed by atoms with Gasteiger partial charge in [-0.25, -0.2) is 0 Å². The summed E-state index contributed by atoms with van der Waals surface area (Å²) in [5.74, 6) is 1.75. The van der Waals surface area contributed by atoms with Gasteiger partial charge in [0.1, 0.15) is 5.75 Å². The van der Waals surface area contributed by atoms with Gasteiger partial charge in [-0.1, -0.05) is 6.92 Å². The zero-order valence-electron chi connectivity index (χ0n) is 8.25. The van der Waals surface area contributed by atoms with Crippen LogP contribution >= 0.6 is 0 Å². The lowest BCUT2D eigenvalue weighted by molar-refractivity contribution is 0.296. The monoisotopic (exact) mass is 194 g/mol. The third-order valence-electron chi connectivity index (χ3n) is 2.35. The fourth-order valence-corrected chi connectivity index (χ4v) is 1.62. The molecule has 0 amide bonds. The molecule has 1 heterocycles. The summed E-state index contributed by atoms with van der Waals surface area (Å²) in [6.07, 6.45) is 1.64. The second kappa shape index (κ2) is 3.78. The smallest absolute Gasteiger partial charge is 0.168 e. The van der Waals surface area contributed by atoms with Gasteiger partial charge in [0, 0.05) is 12.0 Å². The van der Waals surface area contributed by atoms with Crippen molar-refractivity contribution in [2.75, 3.05) is 13.2 Å². The lowest BCUT2D eigenvalue weighted by Crippen LogP contribution is -1.98. The second-order valence-electron chi connectivity index (χ2n) is 3.29. The van der Waals surface area contributed by atoms with Gasteiger partial charge in [0.25, 0.3) is 0 Å². The van der Waals surface area contributed by atoms with Gasteiger partial charge < -0.3 is 14.6 Å². The van der Waals surface area contributed by atoms with Gasteiger partial charge in [-0.05, 0) is 18.6 Å². The summed E-state index contributed by atoms with van der Waals surface area (Å²) in [6.45, 7) is 3.33. The fraction of sp³-hybridized carbons (Fsp3) is 0.455. The number of hydrogen-bond donors (Lipinski definition) is 1. The quantitative estimate of drug-likeness (QED) is 0.744. The van der Waals surface area contributed by atoms with E-state index in [2.05, 4.69) is 0 Å². The molecule has 0 radical (unpaired) electrons. The minimum Gasteiger partial charge on any atom is -0.508 e. The fourth-order valence-electron chi connectivity index (χ4n) is 1.62. The Labute approximate surface area is 83.3 Å². The second-order valence-corrected chi connectivity index (χ2v) is 3.29. The van der Waals surface area contributed by atoms with Crippen LogP contribution in [0.15, 0.2) is 12.1 Å². The van der Waals surface area contributed by atoms with Gasteiger partial charge in [-0.15, -0.1) is 0 Å². The maximum Gasteiger partial charge on any atom is 0.168 e. The Bertz CT molecular complexity index is 334. The molecule has 0 aliphatic carbocycles. The first-order valence-electron chi connectivity index (χ1n) is 4.93. The van der Waals surface area contributed by atoms with Crippen LogP contribution < -0.4 is 9.47 Å². The normalized spacial score (nSPS) is 14.9. The predicted molar refractivity (Wildman–Crippen MR) is 53.1 cm³/mol. The van der Waals surface area contributed by atoms with Crippen molar-refractivity contribution in [3.63, 3.8) is 0 Å². The molecular weight excluding hydrogens is 180 g/mol. The van der Waals surface area contributed by atoms with Crippen LogP contribution in [0.5, 0.6) is 17.2 Å². The van der Waals surface area contributed by atoms with Crippen LogP contribution in [0.2, 0.25) is 0 Å². The molecular formula is C11H14O3. The van der Waals surface area contributed by atoms with E-state index in [4.69, 9.17) is 9.47 Å². The third-order valence-corrected chi connectivity index (χ3v) is 2.35. The highest BCUT2D eigenvalue weighted by atomic mass is 16.5. The van der Waals surface area contributed by atoms with E-state index in [1.807, 2.05) is 6.92 Å². The molecule has 0 unspecified atom stereocenters. The molecule has 1 N–H and O–H groups in total. The number of aromatic hydroxyl groups is 1. The lowest BCUT2D eigenvalue weighted by Gasteiger charge is -2.12. The molecule has 1 aliphatic rings. The summed E-state index contributed by atoms with van der Waals surface area (Å²) in [5.41, 5.74) is 0.837. The molecule has 3 heteroatoms. The van der Waals surface area contributed by atoms with Gasteiger partial charge in [-0.2, -0.15) is 0 Å². The van der Waals surface area contributed by atoms with E-state index >= 15 is 0 Å². The minimum absolute atomic E-state index is 0.289. The van der Waals surface area contributed by atoms with Crippen LogP contribution in [0.4, 0.5) is 0 Å². The van der Waals surface area contributed by atoms with E-state index in [1.54, 1.807) is 12.1 Å². The first-order valence-corrected chi connectivity index (χ1v) is 4.93. The van der Waals surface area contributed by atoms with Crippen molar-refractivity contribution in [1.29, 1.82) is 0 Å². The molecule has 0 bridgehead atoms. The molecule has 14 heavy (non-hydrogen) atoms. The third kappa shape index (κ3) is 1.50. The van der Waals surface area contributed by atoms with Crippen molar-refractivity contribution >= 4 is 0 Å². The van der Waals surface area contributed by atoms with E-state index in [-0.39, 0.29) is 5.75 Å². The zero-order valence-corrected chi connectivity index (χ0v) is 8.25. The summed E-state index contributed by atoms with van der Waals surface area (Å²) in [4.78, 5) is 0. The highest BCUT2D eigenvalue weighted by Crippen LogP contribution is 2.38. The highest BCUT2D eigenvalue weighted by molar-refractivity contribution is 5.53. The van der Waals surface area contributed by atoms with Crippen molar-refractivity contribution in [2.24, 2.45) is 0 Å². The molecule has 0 fully saturated rings. The molecule has 0 saturated carbocycles. The zero-order chi connectivity index (χ0) is 9.97. The first-order chi connectivity index (χ1) is 6.83. The molecule has 76 valence electrons. The topological polar surface area (TPSA) is 38.7 Å². The van der Waals surface area contributed by atoms with E-state index in [0.29, 0.717) is 19.0 Å². The van der Waals surface area contributed by atoms with Crippen molar-refractivity contribution in [1.82, 2.24) is 0 Å². The Hall–Kier alpha value is -1.38. The Kier molecular flexibility index (Phi) is 2.48. The summed E-state index contributed by atoms with van der Waals surface area (Å²) >= 11 is 0. The Morgan fingerprint density at radius 3 is 2.86 bits per heavy atom. The Morgan fingerprint density at radius 2 is 2.07 bits per heavy atom. The van der Waals surface area contributed by atoms with Crippen LogP contribution in [0.3, 0.4) is 0 Å². The number of phenolic OH excluding ortho intramolecular Hbond substituents is 1. The van der Waals surface area contributed by atoms with Gasteiger partial charge >= 0.3 is 0 Å². The molecule has 2 rings (SSSR count). The standard InChI is InChI=1S/C11H14O3/c1-2-8-9(12)4-5-10-11(8)14-7-3-6-13-10/h4-5,12H,2-3,6-7H2,1H3. The van der Waals surface area contributed by atoms with Gasteiger partial charge in [0.15, 0.2) is 11.5 Å². The molecule has 1 aliphatic heterocycles. The molecule has 0 aromatic heterocycles. The van der Waals surface area contributed by atoms with Crippen molar-refractivity contribution in [3.8, 4) is 17.2 Å². The SMILES string of the molecule is CCc1c(O)ccc2c1OCCCO2. The molecule has 0 spiro atoms. The number of hydrogen-bond acceptors (Lipinski definition) is 3. The van der Waals surface area contributed by atoms with Crippen LogP contribution in [0.25, 0.3) is 0 Å². The van der Waals surface area contributed by atoms with Crippen LogP contribution in [0, 0.1) is 0 Å². The maximum atomic E-state index is 9.62. The highest BCUT2D eigenvalue weighted by Gasteiger charge is 2.16. The summed E-state index contributed by atoms with van der Waals surface area (Å²) in [7, 11) is 0. The number of fused-ring (bicyclic) bond motifs is 1. The van der Waals surface area contributed by atoms with Crippen molar-refractivity contribution in [2.45, 2.75) is 19.8 Å². The minimum atomic E-state index is 0.289. The van der Waals surface area contributed by atoms with Crippen LogP contribution in [-0.4, -0.2) is 18.3 Å². The molecule has 3 nitrogen and oxygen atoms in total. The van der Waals surface area contributed by atoms with Crippen molar-refractivity contribution < 1.29 is 14.6 Å².